The third kappa shape index (κ3) is 5.47. The Morgan fingerprint density at radius 3 is 2.71 bits per heavy atom. The second-order valence-corrected chi connectivity index (χ2v) is 10.5. The second kappa shape index (κ2) is 9.84. The molecule has 1 aliphatic rings. The van der Waals surface area contributed by atoms with Gasteiger partial charge in [-0.25, -0.2) is 17.9 Å². The Morgan fingerprint density at radius 1 is 1.23 bits per heavy atom. The zero-order chi connectivity index (χ0) is 22.6. The van der Waals surface area contributed by atoms with Crippen molar-refractivity contribution in [2.24, 2.45) is 0 Å². The zero-order valence-electron chi connectivity index (χ0n) is 17.8. The van der Waals surface area contributed by atoms with Gasteiger partial charge in [0.1, 0.15) is 0 Å². The van der Waals surface area contributed by atoms with Crippen molar-refractivity contribution in [3.63, 3.8) is 0 Å². The summed E-state index contributed by atoms with van der Waals surface area (Å²) in [4.78, 5) is 28.2. The van der Waals surface area contributed by atoms with Crippen LogP contribution in [-0.2, 0) is 19.6 Å². The number of esters is 1. The molecule has 1 aliphatic heterocycles. The molecule has 1 heterocycles. The highest BCUT2D eigenvalue weighted by molar-refractivity contribution is 8.00. The number of carbonyl (C=O) groups excluding carboxylic acids is 2. The van der Waals surface area contributed by atoms with Crippen LogP contribution in [0.3, 0.4) is 0 Å². The average Bonchev–Trinajstić information content (AvgIpc) is 2.90. The summed E-state index contributed by atoms with van der Waals surface area (Å²) in [5.41, 5.74) is 1.50. The topological polar surface area (TPSA) is 92.8 Å². The van der Waals surface area contributed by atoms with Gasteiger partial charge in [-0.15, -0.1) is 11.8 Å². The molecule has 1 atom stereocenters. The van der Waals surface area contributed by atoms with Crippen molar-refractivity contribution in [2.75, 3.05) is 24.6 Å². The molecule has 0 aromatic heterocycles. The molecular formula is C22H26N2O5S2. The molecular weight excluding hydrogens is 436 g/mol. The van der Waals surface area contributed by atoms with E-state index in [9.17, 15) is 18.0 Å². The Balaban J connectivity index is 1.75. The summed E-state index contributed by atoms with van der Waals surface area (Å²) in [7, 11) is -3.71. The molecule has 0 radical (unpaired) electrons. The summed E-state index contributed by atoms with van der Waals surface area (Å²) in [5, 5.41) is 0.366. The molecule has 0 spiro atoms. The van der Waals surface area contributed by atoms with E-state index in [1.807, 2.05) is 24.3 Å². The van der Waals surface area contributed by atoms with E-state index in [1.54, 1.807) is 36.6 Å². The summed E-state index contributed by atoms with van der Waals surface area (Å²) in [6, 6.07) is 11.9. The highest BCUT2D eigenvalue weighted by Gasteiger charge is 2.25. The molecule has 31 heavy (non-hydrogen) atoms. The number of nitrogens with zero attached hydrogens (tertiary/aromatic N) is 1. The number of anilines is 1. The van der Waals surface area contributed by atoms with Gasteiger partial charge in [0.2, 0.25) is 10.0 Å². The van der Waals surface area contributed by atoms with Gasteiger partial charge in [-0.2, -0.15) is 0 Å². The van der Waals surface area contributed by atoms with Crippen molar-refractivity contribution in [3.05, 3.63) is 53.6 Å². The quantitative estimate of drug-likeness (QED) is 0.662. The number of hydrogen-bond acceptors (Lipinski definition) is 6. The number of rotatable bonds is 6. The number of carbonyl (C=O) groups is 2. The van der Waals surface area contributed by atoms with Gasteiger partial charge in [0, 0.05) is 23.2 Å². The molecule has 0 saturated heterocycles. The maximum Gasteiger partial charge on any atom is 0.338 e. The minimum Gasteiger partial charge on any atom is -0.452 e. The summed E-state index contributed by atoms with van der Waals surface area (Å²) in [6.45, 7) is 5.83. The molecule has 0 aliphatic carbocycles. The van der Waals surface area contributed by atoms with Crippen LogP contribution in [-0.4, -0.2) is 45.2 Å². The van der Waals surface area contributed by atoms with E-state index >= 15 is 0 Å². The van der Waals surface area contributed by atoms with Crippen molar-refractivity contribution in [1.29, 1.82) is 0 Å². The Bertz CT molecular complexity index is 1090. The minimum absolute atomic E-state index is 0.0225. The van der Waals surface area contributed by atoms with Crippen LogP contribution < -0.4 is 9.62 Å². The predicted molar refractivity (Wildman–Crippen MR) is 121 cm³/mol. The van der Waals surface area contributed by atoms with Gasteiger partial charge in [0.05, 0.1) is 16.1 Å². The number of nitrogens with one attached hydrogen (secondary N) is 1. The zero-order valence-corrected chi connectivity index (χ0v) is 19.4. The van der Waals surface area contributed by atoms with E-state index in [1.165, 1.54) is 12.1 Å². The van der Waals surface area contributed by atoms with Gasteiger partial charge in [-0.05, 0) is 43.2 Å². The van der Waals surface area contributed by atoms with Crippen molar-refractivity contribution in [1.82, 2.24) is 4.72 Å². The van der Waals surface area contributed by atoms with Crippen LogP contribution in [0, 0.1) is 6.92 Å². The molecule has 0 saturated carbocycles. The van der Waals surface area contributed by atoms with E-state index in [0.29, 0.717) is 17.4 Å². The fraction of sp³-hybridized carbons (Fsp3) is 0.364. The van der Waals surface area contributed by atoms with Crippen LogP contribution in [0.1, 0.15) is 36.2 Å². The third-order valence-corrected chi connectivity index (χ3v) is 7.73. The van der Waals surface area contributed by atoms with Crippen molar-refractivity contribution in [2.45, 2.75) is 42.2 Å². The first-order chi connectivity index (χ1) is 14.7. The van der Waals surface area contributed by atoms with E-state index in [4.69, 9.17) is 4.74 Å². The van der Waals surface area contributed by atoms with Crippen LogP contribution in [0.15, 0.2) is 52.3 Å². The number of hydrogen-bond donors (Lipinski definition) is 1. The number of benzene rings is 2. The van der Waals surface area contributed by atoms with E-state index in [2.05, 4.69) is 11.6 Å². The van der Waals surface area contributed by atoms with Gasteiger partial charge in [0.15, 0.2) is 6.61 Å². The first-order valence-electron chi connectivity index (χ1n) is 10.1. The molecule has 3 rings (SSSR count). The number of ether oxygens (including phenoxy) is 1. The molecule has 9 heteroatoms. The molecule has 1 unspecified atom stereocenters. The number of thioether (sulfide) groups is 1. The van der Waals surface area contributed by atoms with Crippen LogP contribution in [0.5, 0.6) is 0 Å². The van der Waals surface area contributed by atoms with Crippen LogP contribution in [0.2, 0.25) is 0 Å². The maximum absolute atomic E-state index is 12.9. The SMILES string of the molecule is CCNS(=O)(=O)c1ccc(C)c(C(=O)OCC(=O)N2CCC(C)Sc3ccccc32)c1. The monoisotopic (exact) mass is 462 g/mol. The number of amides is 1. The Morgan fingerprint density at radius 2 is 1.97 bits per heavy atom. The summed E-state index contributed by atoms with van der Waals surface area (Å²) in [6.07, 6.45) is 0.822. The van der Waals surface area contributed by atoms with Gasteiger partial charge < -0.3 is 9.64 Å². The Hall–Kier alpha value is -2.36. The fourth-order valence-electron chi connectivity index (χ4n) is 3.29. The molecule has 166 valence electrons. The lowest BCUT2D eigenvalue weighted by atomic mass is 10.1. The summed E-state index contributed by atoms with van der Waals surface area (Å²) in [5.74, 6) is -1.05. The summed E-state index contributed by atoms with van der Waals surface area (Å²) < 4.78 is 32.2. The van der Waals surface area contributed by atoms with Crippen molar-refractivity contribution < 1.29 is 22.7 Å². The van der Waals surface area contributed by atoms with Crippen LogP contribution >= 0.6 is 11.8 Å². The minimum atomic E-state index is -3.71. The van der Waals surface area contributed by atoms with Gasteiger partial charge in [-0.3, -0.25) is 4.79 Å². The molecule has 7 nitrogen and oxygen atoms in total. The lowest BCUT2D eigenvalue weighted by Gasteiger charge is -2.22. The molecule has 1 N–H and O–H groups in total. The van der Waals surface area contributed by atoms with Crippen molar-refractivity contribution in [3.8, 4) is 0 Å². The smallest absolute Gasteiger partial charge is 0.338 e. The van der Waals surface area contributed by atoms with Crippen LogP contribution in [0.4, 0.5) is 5.69 Å². The number of fused-ring (bicyclic) bond motifs is 1. The molecule has 1 amide bonds. The first kappa shape index (κ1) is 23.3. The Kier molecular flexibility index (Phi) is 7.40. The van der Waals surface area contributed by atoms with E-state index in [0.717, 1.165) is 17.0 Å². The predicted octanol–water partition coefficient (Wildman–Crippen LogP) is 3.37. The summed E-state index contributed by atoms with van der Waals surface area (Å²) >= 11 is 1.72. The Labute approximate surface area is 187 Å². The second-order valence-electron chi connectivity index (χ2n) is 7.28. The highest BCUT2D eigenvalue weighted by Crippen LogP contribution is 2.37. The first-order valence-corrected chi connectivity index (χ1v) is 12.4. The largest absolute Gasteiger partial charge is 0.452 e. The average molecular weight is 463 g/mol. The lowest BCUT2D eigenvalue weighted by Crippen LogP contribution is -2.35. The molecule has 2 aromatic rings. The molecule has 2 aromatic carbocycles. The number of sulfonamides is 1. The standard InChI is InChI=1S/C22H26N2O5S2/c1-4-23-31(27,28)17-10-9-15(2)18(13-17)22(26)29-14-21(25)24-12-11-16(3)30-20-8-6-5-7-19(20)24/h5-10,13,16,23H,4,11-12,14H2,1-3H3. The van der Waals surface area contributed by atoms with Gasteiger partial charge in [0.25, 0.3) is 5.91 Å². The lowest BCUT2D eigenvalue weighted by molar-refractivity contribution is -0.121. The van der Waals surface area contributed by atoms with Crippen molar-refractivity contribution >= 4 is 39.3 Å². The third-order valence-electron chi connectivity index (χ3n) is 4.94. The van der Waals surface area contributed by atoms with E-state index < -0.39 is 22.6 Å². The number of para-hydroxylation sites is 1. The normalized spacial score (nSPS) is 16.4. The maximum atomic E-state index is 12.9. The van der Waals surface area contributed by atoms with E-state index in [-0.39, 0.29) is 22.9 Å². The van der Waals surface area contributed by atoms with Crippen LogP contribution in [0.25, 0.3) is 0 Å². The van der Waals surface area contributed by atoms with Gasteiger partial charge in [-0.1, -0.05) is 32.0 Å². The molecule has 0 fully saturated rings. The fourth-order valence-corrected chi connectivity index (χ4v) is 5.47. The highest BCUT2D eigenvalue weighted by atomic mass is 32.2. The molecule has 0 bridgehead atoms. The number of aryl methyl sites for hydroxylation is 1. The van der Waals surface area contributed by atoms with Gasteiger partial charge >= 0.3 is 5.97 Å².